The van der Waals surface area contributed by atoms with Crippen LogP contribution in [0.2, 0.25) is 0 Å². The van der Waals surface area contributed by atoms with Crippen LogP contribution in [0, 0.1) is 13.8 Å². The first-order chi connectivity index (χ1) is 11.0. The molecule has 0 aliphatic rings. The zero-order chi connectivity index (χ0) is 16.8. The summed E-state index contributed by atoms with van der Waals surface area (Å²) in [5.41, 5.74) is 1.76. The number of carbonyl (C=O) groups excluding carboxylic acids is 2. The molecular formula is C16H20N2O4S. The summed E-state index contributed by atoms with van der Waals surface area (Å²) in [7, 11) is 1.34. The predicted octanol–water partition coefficient (Wildman–Crippen LogP) is 2.71. The maximum Gasteiger partial charge on any atom is 0.307 e. The minimum absolute atomic E-state index is 0.118. The molecule has 7 heteroatoms. The number of nitrogens with zero attached hydrogens (tertiary/aromatic N) is 1. The Bertz CT molecular complexity index is 644. The van der Waals surface area contributed by atoms with E-state index in [0.29, 0.717) is 12.8 Å². The Morgan fingerprint density at radius 2 is 2.22 bits per heavy atom. The van der Waals surface area contributed by atoms with Gasteiger partial charge in [0.2, 0.25) is 5.91 Å². The predicted molar refractivity (Wildman–Crippen MR) is 86.1 cm³/mol. The fourth-order valence-corrected chi connectivity index (χ4v) is 3.10. The molecule has 1 atom stereocenters. The van der Waals surface area contributed by atoms with Gasteiger partial charge in [0, 0.05) is 16.9 Å². The van der Waals surface area contributed by atoms with Crippen molar-refractivity contribution in [3.8, 4) is 0 Å². The first kappa shape index (κ1) is 17.2. The summed E-state index contributed by atoms with van der Waals surface area (Å²) in [6.45, 7) is 3.69. The Hall–Kier alpha value is -2.15. The van der Waals surface area contributed by atoms with E-state index in [1.165, 1.54) is 18.4 Å². The number of aromatic nitrogens is 1. The van der Waals surface area contributed by atoms with Crippen molar-refractivity contribution in [2.75, 3.05) is 7.11 Å². The van der Waals surface area contributed by atoms with Gasteiger partial charge in [-0.15, -0.1) is 11.3 Å². The van der Waals surface area contributed by atoms with Crippen LogP contribution in [0.5, 0.6) is 0 Å². The zero-order valence-corrected chi connectivity index (χ0v) is 14.2. The van der Waals surface area contributed by atoms with Gasteiger partial charge in [-0.25, -0.2) is 0 Å². The SMILES string of the molecule is COC(=O)CC(NC(=O)CCc1c(C)noc1C)c1cccs1. The number of aryl methyl sites for hydroxylation is 2. The second-order valence-electron chi connectivity index (χ2n) is 5.22. The van der Waals surface area contributed by atoms with E-state index >= 15 is 0 Å². The van der Waals surface area contributed by atoms with Gasteiger partial charge in [-0.05, 0) is 31.7 Å². The van der Waals surface area contributed by atoms with E-state index in [2.05, 4.69) is 10.5 Å². The van der Waals surface area contributed by atoms with Gasteiger partial charge in [-0.3, -0.25) is 9.59 Å². The van der Waals surface area contributed by atoms with Crippen LogP contribution in [-0.4, -0.2) is 24.1 Å². The molecule has 2 rings (SSSR count). The quantitative estimate of drug-likeness (QED) is 0.786. The van der Waals surface area contributed by atoms with Crippen molar-refractivity contribution in [3.05, 3.63) is 39.4 Å². The Morgan fingerprint density at radius 3 is 2.78 bits per heavy atom. The van der Waals surface area contributed by atoms with Gasteiger partial charge in [0.05, 0.1) is 25.3 Å². The van der Waals surface area contributed by atoms with Gasteiger partial charge in [0.1, 0.15) is 5.76 Å². The van der Waals surface area contributed by atoms with Crippen molar-refractivity contribution in [3.63, 3.8) is 0 Å². The fourth-order valence-electron chi connectivity index (χ4n) is 2.33. The molecule has 1 unspecified atom stereocenters. The van der Waals surface area contributed by atoms with Crippen LogP contribution in [0.1, 0.15) is 40.8 Å². The van der Waals surface area contributed by atoms with Gasteiger partial charge in [-0.2, -0.15) is 0 Å². The average Bonchev–Trinajstić information content (AvgIpc) is 3.15. The van der Waals surface area contributed by atoms with Crippen LogP contribution in [-0.2, 0) is 20.7 Å². The van der Waals surface area contributed by atoms with Crippen molar-refractivity contribution in [1.82, 2.24) is 10.5 Å². The smallest absolute Gasteiger partial charge is 0.307 e. The van der Waals surface area contributed by atoms with Gasteiger partial charge < -0.3 is 14.6 Å². The van der Waals surface area contributed by atoms with Gasteiger partial charge in [0.15, 0.2) is 0 Å². The molecule has 2 aromatic heterocycles. The summed E-state index contributed by atoms with van der Waals surface area (Å²) in [4.78, 5) is 24.7. The van der Waals surface area contributed by atoms with Crippen molar-refractivity contribution in [2.45, 2.75) is 39.2 Å². The molecule has 0 aromatic carbocycles. The van der Waals surface area contributed by atoms with Crippen molar-refractivity contribution >= 4 is 23.2 Å². The first-order valence-corrected chi connectivity index (χ1v) is 8.20. The summed E-state index contributed by atoms with van der Waals surface area (Å²) in [6, 6.07) is 3.42. The van der Waals surface area contributed by atoms with Gasteiger partial charge in [0.25, 0.3) is 0 Å². The van der Waals surface area contributed by atoms with E-state index in [-0.39, 0.29) is 24.3 Å². The molecule has 0 aliphatic carbocycles. The molecule has 0 bridgehead atoms. The zero-order valence-electron chi connectivity index (χ0n) is 13.4. The Labute approximate surface area is 138 Å². The van der Waals surface area contributed by atoms with Crippen LogP contribution < -0.4 is 5.32 Å². The third-order valence-electron chi connectivity index (χ3n) is 3.60. The highest BCUT2D eigenvalue weighted by Gasteiger charge is 2.20. The summed E-state index contributed by atoms with van der Waals surface area (Å²) in [5, 5.41) is 8.70. The summed E-state index contributed by atoms with van der Waals surface area (Å²) >= 11 is 1.50. The minimum atomic E-state index is -0.361. The summed E-state index contributed by atoms with van der Waals surface area (Å²) in [6.07, 6.45) is 0.988. The number of carbonyl (C=O) groups is 2. The summed E-state index contributed by atoms with van der Waals surface area (Å²) < 4.78 is 9.80. The normalized spacial score (nSPS) is 12.0. The second-order valence-corrected chi connectivity index (χ2v) is 6.20. The second kappa shape index (κ2) is 7.92. The molecule has 0 aliphatic heterocycles. The molecule has 23 heavy (non-hydrogen) atoms. The number of rotatable bonds is 7. The lowest BCUT2D eigenvalue weighted by Gasteiger charge is -2.16. The molecule has 124 valence electrons. The maximum absolute atomic E-state index is 12.2. The summed E-state index contributed by atoms with van der Waals surface area (Å²) in [5.74, 6) is 0.265. The van der Waals surface area contributed by atoms with Crippen LogP contribution in [0.4, 0.5) is 0 Å². The molecule has 0 saturated carbocycles. The van der Waals surface area contributed by atoms with Gasteiger partial charge in [-0.1, -0.05) is 11.2 Å². The molecular weight excluding hydrogens is 316 g/mol. The van der Waals surface area contributed by atoms with Crippen LogP contribution >= 0.6 is 11.3 Å². The third kappa shape index (κ3) is 4.66. The number of hydrogen-bond donors (Lipinski definition) is 1. The lowest BCUT2D eigenvalue weighted by Crippen LogP contribution is -2.30. The molecule has 2 aromatic rings. The number of hydrogen-bond acceptors (Lipinski definition) is 6. The molecule has 0 saturated heterocycles. The van der Waals surface area contributed by atoms with E-state index in [4.69, 9.17) is 9.26 Å². The van der Waals surface area contributed by atoms with E-state index in [1.807, 2.05) is 31.4 Å². The van der Waals surface area contributed by atoms with E-state index in [9.17, 15) is 9.59 Å². The van der Waals surface area contributed by atoms with Crippen molar-refractivity contribution in [2.24, 2.45) is 0 Å². The Kier molecular flexibility index (Phi) is 5.92. The first-order valence-electron chi connectivity index (χ1n) is 7.32. The maximum atomic E-state index is 12.2. The topological polar surface area (TPSA) is 81.4 Å². The number of nitrogens with one attached hydrogen (secondary N) is 1. The lowest BCUT2D eigenvalue weighted by atomic mass is 10.1. The number of esters is 1. The molecule has 1 amide bonds. The Balaban J connectivity index is 1.96. The van der Waals surface area contributed by atoms with Crippen molar-refractivity contribution < 1.29 is 18.8 Å². The van der Waals surface area contributed by atoms with Crippen LogP contribution in [0.3, 0.4) is 0 Å². The standard InChI is InChI=1S/C16H20N2O4S/c1-10-12(11(2)22-18-10)6-7-15(19)17-13(9-16(20)21-3)14-5-4-8-23-14/h4-5,8,13H,6-7,9H2,1-3H3,(H,17,19). The highest BCUT2D eigenvalue weighted by molar-refractivity contribution is 7.10. The lowest BCUT2D eigenvalue weighted by molar-refractivity contribution is -0.141. The molecule has 0 radical (unpaired) electrons. The third-order valence-corrected chi connectivity index (χ3v) is 4.59. The van der Waals surface area contributed by atoms with E-state index < -0.39 is 0 Å². The molecule has 6 nitrogen and oxygen atoms in total. The monoisotopic (exact) mass is 336 g/mol. The molecule has 0 fully saturated rings. The number of ether oxygens (including phenoxy) is 1. The molecule has 2 heterocycles. The average molecular weight is 336 g/mol. The largest absolute Gasteiger partial charge is 0.469 e. The molecule has 0 spiro atoms. The highest BCUT2D eigenvalue weighted by Crippen LogP contribution is 2.23. The fraction of sp³-hybridized carbons (Fsp3) is 0.438. The number of methoxy groups -OCH3 is 1. The Morgan fingerprint density at radius 1 is 1.43 bits per heavy atom. The highest BCUT2D eigenvalue weighted by atomic mass is 32.1. The van der Waals surface area contributed by atoms with Crippen LogP contribution in [0.15, 0.2) is 22.0 Å². The van der Waals surface area contributed by atoms with E-state index in [1.54, 1.807) is 0 Å². The van der Waals surface area contributed by atoms with Gasteiger partial charge >= 0.3 is 5.97 Å². The number of thiophene rings is 1. The van der Waals surface area contributed by atoms with Crippen molar-refractivity contribution in [1.29, 1.82) is 0 Å². The molecule has 1 N–H and O–H groups in total. The van der Waals surface area contributed by atoms with E-state index in [0.717, 1.165) is 21.9 Å². The minimum Gasteiger partial charge on any atom is -0.469 e. The van der Waals surface area contributed by atoms with Crippen LogP contribution in [0.25, 0.3) is 0 Å². The number of amides is 1.